The van der Waals surface area contributed by atoms with Crippen LogP contribution in [0.25, 0.3) is 17.0 Å². The van der Waals surface area contributed by atoms with Crippen molar-refractivity contribution < 1.29 is 22.8 Å². The van der Waals surface area contributed by atoms with Gasteiger partial charge in [-0.25, -0.2) is 9.97 Å². The van der Waals surface area contributed by atoms with Crippen molar-refractivity contribution in [1.29, 1.82) is 0 Å². The van der Waals surface area contributed by atoms with Crippen LogP contribution in [0.5, 0.6) is 0 Å². The van der Waals surface area contributed by atoms with E-state index in [9.17, 15) is 22.8 Å². The van der Waals surface area contributed by atoms with Crippen molar-refractivity contribution in [2.75, 3.05) is 5.32 Å². The predicted molar refractivity (Wildman–Crippen MR) is 164 cm³/mol. The van der Waals surface area contributed by atoms with Gasteiger partial charge in [-0.15, -0.1) is 0 Å². The summed E-state index contributed by atoms with van der Waals surface area (Å²) >= 11 is 0. The van der Waals surface area contributed by atoms with Crippen molar-refractivity contribution in [3.63, 3.8) is 0 Å². The number of aromatic nitrogens is 3. The van der Waals surface area contributed by atoms with E-state index in [1.54, 1.807) is 49.7 Å². The molecule has 230 valence electrons. The molecule has 0 aliphatic carbocycles. The van der Waals surface area contributed by atoms with Gasteiger partial charge < -0.3 is 10.6 Å². The van der Waals surface area contributed by atoms with Gasteiger partial charge in [-0.3, -0.25) is 14.0 Å². The number of rotatable bonds is 8. The first-order valence-electron chi connectivity index (χ1n) is 14.4. The third-order valence-electron chi connectivity index (χ3n) is 6.84. The summed E-state index contributed by atoms with van der Waals surface area (Å²) in [6.07, 6.45) is 1.26. The molecular weight excluding hydrogens is 555 g/mol. The van der Waals surface area contributed by atoms with Gasteiger partial charge in [0.05, 0.1) is 16.8 Å². The molecule has 0 spiro atoms. The molecular formula is C33H40F3N5O2. The van der Waals surface area contributed by atoms with Crippen molar-refractivity contribution in [2.45, 2.75) is 74.5 Å². The van der Waals surface area contributed by atoms with Gasteiger partial charge in [0.15, 0.2) is 0 Å². The van der Waals surface area contributed by atoms with E-state index in [4.69, 9.17) is 0 Å². The summed E-state index contributed by atoms with van der Waals surface area (Å²) < 4.78 is 44.0. The van der Waals surface area contributed by atoms with E-state index in [-0.39, 0.29) is 23.9 Å². The first-order chi connectivity index (χ1) is 20.1. The average molecular weight is 596 g/mol. The first kappa shape index (κ1) is 33.3. The van der Waals surface area contributed by atoms with Gasteiger partial charge >= 0.3 is 6.18 Å². The summed E-state index contributed by atoms with van der Waals surface area (Å²) in [4.78, 5) is 34.6. The number of imidazole rings is 1. The normalized spacial score (nSPS) is 11.7. The average Bonchev–Trinajstić information content (AvgIpc) is 3.36. The van der Waals surface area contributed by atoms with Gasteiger partial charge in [0.1, 0.15) is 0 Å². The van der Waals surface area contributed by atoms with Crippen LogP contribution in [-0.2, 0) is 17.5 Å². The minimum atomic E-state index is -4.78. The summed E-state index contributed by atoms with van der Waals surface area (Å²) in [5.74, 6) is -0.339. The van der Waals surface area contributed by atoms with Gasteiger partial charge in [0, 0.05) is 41.8 Å². The van der Waals surface area contributed by atoms with Crippen LogP contribution in [0, 0.1) is 25.2 Å². The van der Waals surface area contributed by atoms with E-state index in [1.807, 2.05) is 46.9 Å². The second-order valence-corrected chi connectivity index (χ2v) is 11.5. The highest BCUT2D eigenvalue weighted by Crippen LogP contribution is 2.34. The Morgan fingerprint density at radius 3 is 2.35 bits per heavy atom. The lowest BCUT2D eigenvalue weighted by Gasteiger charge is -2.25. The molecule has 0 saturated carbocycles. The van der Waals surface area contributed by atoms with Gasteiger partial charge in [-0.1, -0.05) is 59.7 Å². The quantitative estimate of drug-likeness (QED) is 0.216. The molecule has 0 aliphatic heterocycles. The van der Waals surface area contributed by atoms with Gasteiger partial charge in [0.25, 0.3) is 5.91 Å². The van der Waals surface area contributed by atoms with Gasteiger partial charge in [-0.05, 0) is 61.1 Å². The molecule has 2 aromatic carbocycles. The zero-order valence-electron chi connectivity index (χ0n) is 26.0. The Balaban J connectivity index is 0.00000248. The number of hydrogen-bond donors (Lipinski definition) is 2. The molecule has 0 radical (unpaired) electrons. The van der Waals surface area contributed by atoms with E-state index < -0.39 is 28.6 Å². The predicted octanol–water partition coefficient (Wildman–Crippen LogP) is 8.00. The minimum absolute atomic E-state index is 0.0834. The number of amides is 2. The lowest BCUT2D eigenvalue weighted by atomic mass is 9.83. The molecule has 2 N–H and O–H groups in total. The van der Waals surface area contributed by atoms with Crippen LogP contribution in [0.1, 0.15) is 80.6 Å². The second kappa shape index (κ2) is 13.4. The maximum Gasteiger partial charge on any atom is 0.417 e. The van der Waals surface area contributed by atoms with Crippen LogP contribution in [-0.4, -0.2) is 26.2 Å². The highest BCUT2D eigenvalue weighted by Gasteiger charge is 2.36. The molecule has 7 nitrogen and oxygen atoms in total. The van der Waals surface area contributed by atoms with E-state index in [2.05, 4.69) is 20.6 Å². The fourth-order valence-electron chi connectivity index (χ4n) is 4.90. The number of nitrogens with zero attached hydrogens (tertiary/aromatic N) is 3. The largest absolute Gasteiger partial charge is 0.417 e. The zero-order chi connectivity index (χ0) is 32.1. The fourth-order valence-corrected chi connectivity index (χ4v) is 4.90. The number of carbonyl (C=O) groups excluding carboxylic acids is 2. The van der Waals surface area contributed by atoms with Crippen molar-refractivity contribution in [2.24, 2.45) is 11.3 Å². The molecule has 43 heavy (non-hydrogen) atoms. The van der Waals surface area contributed by atoms with Crippen molar-refractivity contribution >= 4 is 23.3 Å². The maximum atomic E-state index is 14.1. The van der Waals surface area contributed by atoms with E-state index in [0.29, 0.717) is 34.7 Å². The number of halogens is 3. The van der Waals surface area contributed by atoms with E-state index >= 15 is 0 Å². The molecule has 0 unspecified atom stereocenters. The number of benzene rings is 2. The summed E-state index contributed by atoms with van der Waals surface area (Å²) in [5, 5.41) is 5.38. The molecule has 0 atom stereocenters. The Morgan fingerprint density at radius 1 is 1.00 bits per heavy atom. The molecule has 4 aromatic rings. The van der Waals surface area contributed by atoms with Crippen LogP contribution < -0.4 is 10.6 Å². The molecule has 2 aromatic heterocycles. The third kappa shape index (κ3) is 8.21. The maximum absolute atomic E-state index is 14.1. The van der Waals surface area contributed by atoms with Crippen molar-refractivity contribution in [1.82, 2.24) is 19.7 Å². The summed E-state index contributed by atoms with van der Waals surface area (Å²) in [6, 6.07) is 8.76. The SMILES string of the molecule is CC.Cc1cnc2nc(-c3ccc(C)c(NC(=O)c4ccc(CNC(=O)C(C)(C)CC(C)C)cc4C(F)(F)F)c3)cn2c1. The van der Waals surface area contributed by atoms with Crippen LogP contribution >= 0.6 is 0 Å². The van der Waals surface area contributed by atoms with Crippen LogP contribution in [0.15, 0.2) is 55.0 Å². The van der Waals surface area contributed by atoms with E-state index in [0.717, 1.165) is 17.7 Å². The Hall–Kier alpha value is -4.21. The molecule has 0 fully saturated rings. The smallest absolute Gasteiger partial charge is 0.352 e. The van der Waals surface area contributed by atoms with Crippen LogP contribution in [0.3, 0.4) is 0 Å². The number of carbonyl (C=O) groups is 2. The number of aryl methyl sites for hydroxylation is 2. The summed E-state index contributed by atoms with van der Waals surface area (Å²) in [7, 11) is 0. The highest BCUT2D eigenvalue weighted by molar-refractivity contribution is 6.06. The zero-order valence-corrected chi connectivity index (χ0v) is 26.0. The Labute approximate surface area is 251 Å². The van der Waals surface area contributed by atoms with Crippen molar-refractivity contribution in [3.8, 4) is 11.3 Å². The summed E-state index contributed by atoms with van der Waals surface area (Å²) in [6.45, 7) is 15.2. The minimum Gasteiger partial charge on any atom is -0.352 e. The Bertz CT molecular complexity index is 1610. The fraction of sp³-hybridized carbons (Fsp3) is 0.394. The molecule has 2 amide bonds. The Kier molecular flexibility index (Phi) is 10.4. The number of nitrogens with one attached hydrogen (secondary N) is 2. The number of anilines is 1. The summed E-state index contributed by atoms with van der Waals surface area (Å²) in [5.41, 5.74) is 1.30. The highest BCUT2D eigenvalue weighted by atomic mass is 19.4. The molecule has 4 rings (SSSR count). The lowest BCUT2D eigenvalue weighted by Crippen LogP contribution is -2.37. The standard InChI is InChI=1S/C31H34F3N5O2.C2H6/c1-18(2)13-30(5,6)28(41)35-15-21-8-10-23(24(11-21)31(32,33)34)27(40)37-25-12-22(9-7-20(25)4)26-17-39-16-19(3)14-36-29(39)38-26;1-2/h7-12,14,16-18H,13,15H2,1-6H3,(H,35,41)(H,37,40);1-2H3. The van der Waals surface area contributed by atoms with Crippen molar-refractivity contribution in [3.05, 3.63) is 82.8 Å². The molecule has 2 heterocycles. The van der Waals surface area contributed by atoms with Crippen LogP contribution in [0.4, 0.5) is 18.9 Å². The lowest BCUT2D eigenvalue weighted by molar-refractivity contribution is -0.138. The van der Waals surface area contributed by atoms with Gasteiger partial charge in [-0.2, -0.15) is 13.2 Å². The molecule has 10 heteroatoms. The van der Waals surface area contributed by atoms with Crippen LogP contribution in [0.2, 0.25) is 0 Å². The first-order valence-corrected chi connectivity index (χ1v) is 14.4. The van der Waals surface area contributed by atoms with E-state index in [1.165, 1.54) is 6.07 Å². The third-order valence-corrected chi connectivity index (χ3v) is 6.84. The van der Waals surface area contributed by atoms with Gasteiger partial charge in [0.2, 0.25) is 11.7 Å². The second-order valence-electron chi connectivity index (χ2n) is 11.5. The Morgan fingerprint density at radius 2 is 1.70 bits per heavy atom. The number of alkyl halides is 3. The number of hydrogen-bond acceptors (Lipinski definition) is 4. The molecule has 0 aliphatic rings. The monoisotopic (exact) mass is 595 g/mol. The molecule has 0 bridgehead atoms. The topological polar surface area (TPSA) is 88.4 Å². The molecule has 0 saturated heterocycles. The number of fused-ring (bicyclic) bond motifs is 1.